The molecule has 152 valence electrons. The Morgan fingerprint density at radius 3 is 1.45 bits per heavy atom. The summed E-state index contributed by atoms with van der Waals surface area (Å²) in [6.07, 6.45) is 10.0. The number of rotatable bonds is 4. The minimum absolute atomic E-state index is 0.157. The zero-order chi connectivity index (χ0) is 21.0. The van der Waals surface area contributed by atoms with Crippen LogP contribution in [0.2, 0.25) is 0 Å². The summed E-state index contributed by atoms with van der Waals surface area (Å²) in [5.41, 5.74) is 4.22. The monoisotopic (exact) mass is 422 g/mol. The molecule has 0 saturated heterocycles. The molecule has 1 fully saturated rings. The van der Waals surface area contributed by atoms with Crippen LogP contribution in [0.3, 0.4) is 0 Å². The zero-order valence-electron chi connectivity index (χ0n) is 18.0. The molecule has 1 nitrogen and oxygen atoms in total. The van der Waals surface area contributed by atoms with Crippen molar-refractivity contribution in [1.82, 2.24) is 0 Å². The lowest BCUT2D eigenvalue weighted by Crippen LogP contribution is -2.29. The van der Waals surface area contributed by atoms with E-state index < -0.39 is 0 Å². The number of allylic oxidation sites excluding steroid dienone is 2. The number of carbonyl (C=O) groups is 1. The molecule has 1 aliphatic carbocycles. The molecule has 0 spiro atoms. The normalized spacial score (nSPS) is 20.4. The Morgan fingerprint density at radius 2 is 1.14 bits per heavy atom. The van der Waals surface area contributed by atoms with Crippen LogP contribution < -0.4 is 0 Å². The van der Waals surface area contributed by atoms with Crippen molar-refractivity contribution in [2.45, 2.75) is 43.4 Å². The number of ketones is 1. The van der Waals surface area contributed by atoms with Crippen molar-refractivity contribution in [3.8, 4) is 0 Å². The van der Waals surface area contributed by atoms with E-state index in [0.717, 1.165) is 35.1 Å². The standard InChI is InChI=1S/C26H30OS2/c1-26(2,3)22-16-20(14-18-6-10-23(28-4)11-7-18)25(27)21(17-22)15-19-8-12-24(29-5)13-9-19/h6-15,22H,16-17H2,1-5H3/b20-14+,21-15+. The molecule has 0 bridgehead atoms. The summed E-state index contributed by atoms with van der Waals surface area (Å²) in [5, 5.41) is 0. The van der Waals surface area contributed by atoms with E-state index in [-0.39, 0.29) is 11.2 Å². The van der Waals surface area contributed by atoms with Gasteiger partial charge in [0.25, 0.3) is 0 Å². The predicted octanol–water partition coefficient (Wildman–Crippen LogP) is 7.62. The first-order valence-electron chi connectivity index (χ1n) is 10.0. The van der Waals surface area contributed by atoms with Gasteiger partial charge in [-0.25, -0.2) is 0 Å². The second kappa shape index (κ2) is 9.40. The van der Waals surface area contributed by atoms with Crippen LogP contribution in [0, 0.1) is 11.3 Å². The largest absolute Gasteiger partial charge is 0.289 e. The molecule has 0 amide bonds. The summed E-state index contributed by atoms with van der Waals surface area (Å²) in [7, 11) is 0. The SMILES string of the molecule is CSc1ccc(/C=C2\CC(C(C)(C)C)C/C(=C\c3ccc(SC)cc3)C2=O)cc1. The van der Waals surface area contributed by atoms with Gasteiger partial charge >= 0.3 is 0 Å². The molecule has 3 heteroatoms. The molecule has 1 saturated carbocycles. The van der Waals surface area contributed by atoms with E-state index in [2.05, 4.69) is 94.0 Å². The van der Waals surface area contributed by atoms with Crippen molar-refractivity contribution in [2.75, 3.05) is 12.5 Å². The van der Waals surface area contributed by atoms with E-state index >= 15 is 0 Å². The van der Waals surface area contributed by atoms with E-state index in [1.807, 2.05) is 0 Å². The Bertz CT molecular complexity index is 843. The summed E-state index contributed by atoms with van der Waals surface area (Å²) in [4.78, 5) is 15.8. The fourth-order valence-electron chi connectivity index (χ4n) is 3.66. The fraction of sp³-hybridized carbons (Fsp3) is 0.346. The molecule has 0 N–H and O–H groups in total. The quantitative estimate of drug-likeness (QED) is 0.372. The van der Waals surface area contributed by atoms with Crippen molar-refractivity contribution in [2.24, 2.45) is 11.3 Å². The van der Waals surface area contributed by atoms with Gasteiger partial charge in [0.15, 0.2) is 5.78 Å². The van der Waals surface area contributed by atoms with Crippen molar-refractivity contribution in [1.29, 1.82) is 0 Å². The molecule has 2 aromatic rings. The van der Waals surface area contributed by atoms with Crippen LogP contribution in [0.15, 0.2) is 69.5 Å². The third-order valence-electron chi connectivity index (χ3n) is 5.65. The molecule has 2 aromatic carbocycles. The summed E-state index contributed by atoms with van der Waals surface area (Å²) in [6.45, 7) is 6.84. The average molecular weight is 423 g/mol. The Morgan fingerprint density at radius 1 is 0.759 bits per heavy atom. The molecule has 0 atom stereocenters. The van der Waals surface area contributed by atoms with Gasteiger partial charge in [0.05, 0.1) is 0 Å². The third kappa shape index (κ3) is 5.67. The lowest BCUT2D eigenvalue weighted by molar-refractivity contribution is -0.113. The highest BCUT2D eigenvalue weighted by Crippen LogP contribution is 2.42. The highest BCUT2D eigenvalue weighted by molar-refractivity contribution is 7.98. The predicted molar refractivity (Wildman–Crippen MR) is 130 cm³/mol. The van der Waals surface area contributed by atoms with Crippen LogP contribution in [-0.4, -0.2) is 18.3 Å². The van der Waals surface area contributed by atoms with E-state index in [1.54, 1.807) is 23.5 Å². The van der Waals surface area contributed by atoms with Crippen molar-refractivity contribution >= 4 is 41.5 Å². The van der Waals surface area contributed by atoms with Crippen LogP contribution in [-0.2, 0) is 4.79 Å². The molecule has 0 aromatic heterocycles. The smallest absolute Gasteiger partial charge is 0.185 e. The van der Waals surface area contributed by atoms with Crippen LogP contribution >= 0.6 is 23.5 Å². The summed E-state index contributed by atoms with van der Waals surface area (Å²) >= 11 is 3.47. The van der Waals surface area contributed by atoms with Gasteiger partial charge in [-0.05, 0) is 84.2 Å². The average Bonchev–Trinajstić information content (AvgIpc) is 2.71. The van der Waals surface area contributed by atoms with Gasteiger partial charge in [-0.1, -0.05) is 45.0 Å². The van der Waals surface area contributed by atoms with Crippen molar-refractivity contribution in [3.05, 3.63) is 70.8 Å². The number of hydrogen-bond donors (Lipinski definition) is 0. The van der Waals surface area contributed by atoms with Crippen molar-refractivity contribution in [3.63, 3.8) is 0 Å². The van der Waals surface area contributed by atoms with Gasteiger partial charge in [-0.3, -0.25) is 4.79 Å². The number of hydrogen-bond acceptors (Lipinski definition) is 3. The third-order valence-corrected chi connectivity index (χ3v) is 7.14. The van der Waals surface area contributed by atoms with Gasteiger partial charge in [-0.15, -0.1) is 23.5 Å². The van der Waals surface area contributed by atoms with Crippen LogP contribution in [0.4, 0.5) is 0 Å². The lowest BCUT2D eigenvalue weighted by atomic mass is 9.68. The maximum atomic E-state index is 13.3. The molecule has 3 rings (SSSR count). The Balaban J connectivity index is 1.96. The molecule has 0 radical (unpaired) electrons. The van der Waals surface area contributed by atoms with Gasteiger partial charge in [-0.2, -0.15) is 0 Å². The van der Waals surface area contributed by atoms with Crippen LogP contribution in [0.25, 0.3) is 12.2 Å². The fourth-order valence-corrected chi connectivity index (χ4v) is 4.48. The molecule has 0 heterocycles. The molecular formula is C26H30OS2. The van der Waals surface area contributed by atoms with E-state index in [1.165, 1.54) is 9.79 Å². The molecular weight excluding hydrogens is 392 g/mol. The Labute approximate surface area is 184 Å². The first kappa shape index (κ1) is 22.0. The highest BCUT2D eigenvalue weighted by atomic mass is 32.2. The second-order valence-corrected chi connectivity index (χ2v) is 10.4. The first-order valence-corrected chi connectivity index (χ1v) is 12.5. The first-order chi connectivity index (χ1) is 13.8. The maximum absolute atomic E-state index is 13.3. The summed E-state index contributed by atoms with van der Waals surface area (Å²) in [5.74, 6) is 0.655. The lowest BCUT2D eigenvalue weighted by Gasteiger charge is -2.35. The number of thioether (sulfide) groups is 2. The van der Waals surface area contributed by atoms with Gasteiger partial charge in [0.2, 0.25) is 0 Å². The summed E-state index contributed by atoms with van der Waals surface area (Å²) < 4.78 is 0. The van der Waals surface area contributed by atoms with Gasteiger partial charge < -0.3 is 0 Å². The number of Topliss-reactive ketones (excluding diaryl/α,β-unsaturated/α-hetero) is 1. The highest BCUT2D eigenvalue weighted by Gasteiger charge is 2.34. The maximum Gasteiger partial charge on any atom is 0.185 e. The van der Waals surface area contributed by atoms with E-state index in [0.29, 0.717) is 5.92 Å². The molecule has 0 aliphatic heterocycles. The summed E-state index contributed by atoms with van der Waals surface area (Å²) in [6, 6.07) is 16.9. The number of benzene rings is 2. The van der Waals surface area contributed by atoms with E-state index in [4.69, 9.17) is 0 Å². The minimum Gasteiger partial charge on any atom is -0.289 e. The van der Waals surface area contributed by atoms with Gasteiger partial charge in [0.1, 0.15) is 0 Å². The Kier molecular flexibility index (Phi) is 7.13. The molecule has 1 aliphatic rings. The van der Waals surface area contributed by atoms with Crippen LogP contribution in [0.5, 0.6) is 0 Å². The van der Waals surface area contributed by atoms with Gasteiger partial charge in [0, 0.05) is 20.9 Å². The molecule has 29 heavy (non-hydrogen) atoms. The second-order valence-electron chi connectivity index (χ2n) is 8.69. The molecule has 0 unspecified atom stereocenters. The van der Waals surface area contributed by atoms with Crippen molar-refractivity contribution < 1.29 is 4.79 Å². The Hall–Kier alpha value is -1.71. The topological polar surface area (TPSA) is 17.1 Å². The zero-order valence-corrected chi connectivity index (χ0v) is 19.6. The van der Waals surface area contributed by atoms with Crippen LogP contribution in [0.1, 0.15) is 44.7 Å². The minimum atomic E-state index is 0.157. The van der Waals surface area contributed by atoms with E-state index in [9.17, 15) is 4.79 Å². The number of carbonyl (C=O) groups excluding carboxylic acids is 1.